The molecular weight excluding hydrogens is 713 g/mol. The first-order valence-electron chi connectivity index (χ1n) is 27.6. The van der Waals surface area contributed by atoms with Gasteiger partial charge in [-0.15, -0.1) is 0 Å². The van der Waals surface area contributed by atoms with Crippen LogP contribution in [-0.4, -0.2) is 4.57 Å². The molecule has 280 valence electrons. The first-order valence-corrected chi connectivity index (χ1v) is 19.1. The van der Waals surface area contributed by atoms with Crippen molar-refractivity contribution in [2.24, 2.45) is 0 Å². The second-order valence-electron chi connectivity index (χ2n) is 14.9. The van der Waals surface area contributed by atoms with Gasteiger partial charge in [-0.05, 0) is 122 Å². The predicted octanol–water partition coefficient (Wildman–Crippen LogP) is 15.6. The Labute approximate surface area is 369 Å². The van der Waals surface area contributed by atoms with Gasteiger partial charge in [-0.25, -0.2) is 0 Å². The number of fused-ring (bicyclic) bond motifs is 6. The summed E-state index contributed by atoms with van der Waals surface area (Å²) in [5, 5.41) is 1.66. The van der Waals surface area contributed by atoms with Crippen LogP contribution in [0.3, 0.4) is 0 Å². The monoisotopic (exact) mass is 771 g/mol. The third-order valence-corrected chi connectivity index (χ3v) is 11.1. The van der Waals surface area contributed by atoms with E-state index in [2.05, 4.69) is 4.57 Å². The van der Waals surface area contributed by atoms with Crippen molar-refractivity contribution in [3.05, 3.63) is 229 Å². The minimum absolute atomic E-state index is 0.0388. The Kier molecular flexibility index (Phi) is 5.03. The van der Waals surface area contributed by atoms with Crippen LogP contribution in [-0.2, 0) is 5.41 Å². The average molecular weight is 772 g/mol. The van der Waals surface area contributed by atoms with E-state index in [1.54, 1.807) is 18.2 Å². The molecule has 59 heavy (non-hydrogen) atoms. The van der Waals surface area contributed by atoms with Crippen LogP contribution in [0.15, 0.2) is 218 Å². The third-order valence-electron chi connectivity index (χ3n) is 11.1. The van der Waals surface area contributed by atoms with Crippen molar-refractivity contribution in [2.45, 2.75) is 19.3 Å². The van der Waals surface area contributed by atoms with E-state index >= 15 is 0 Å². The van der Waals surface area contributed by atoms with Crippen molar-refractivity contribution in [1.82, 2.24) is 4.57 Å². The summed E-state index contributed by atoms with van der Waals surface area (Å²) < 4.78 is 157. The Morgan fingerprint density at radius 2 is 1.05 bits per heavy atom. The molecule has 0 saturated carbocycles. The minimum atomic E-state index is -0.867. The number of nitrogens with zero attached hydrogens (tertiary/aromatic N) is 2. The summed E-state index contributed by atoms with van der Waals surface area (Å²) in [4.78, 5) is 1.23. The van der Waals surface area contributed by atoms with Gasteiger partial charge in [0.15, 0.2) is 0 Å². The van der Waals surface area contributed by atoms with Crippen LogP contribution in [0.5, 0.6) is 0 Å². The van der Waals surface area contributed by atoms with E-state index < -0.39 is 136 Å². The van der Waals surface area contributed by atoms with E-state index in [9.17, 15) is 11.0 Å². The molecular formula is C57H42N2. The number of hydrogen-bond donors (Lipinski definition) is 0. The summed E-state index contributed by atoms with van der Waals surface area (Å²) in [6.45, 7) is 4.06. The summed E-state index contributed by atoms with van der Waals surface area (Å²) in [5.41, 5.74) is 2.85. The maximum absolute atomic E-state index is 10.1. The van der Waals surface area contributed by atoms with Crippen LogP contribution in [0.4, 0.5) is 17.1 Å². The average Bonchev–Trinajstić information content (AvgIpc) is 3.87. The van der Waals surface area contributed by atoms with Gasteiger partial charge >= 0.3 is 0 Å². The fourth-order valence-corrected chi connectivity index (χ4v) is 8.26. The van der Waals surface area contributed by atoms with E-state index in [0.29, 0.717) is 5.56 Å². The van der Waals surface area contributed by atoms with Crippen LogP contribution in [0.1, 0.15) is 48.3 Å². The molecule has 0 bridgehead atoms. The standard InChI is InChI=1S/C57H42N2/c1-57(2)53-22-11-9-20-49(53)50-34-33-48(38-54(50)57)58(46-31-28-42(29-32-46)41-26-24-40(25-27-41)39-14-5-3-6-15-39)47-19-13-16-43(36-47)44-30-35-56-52(37-44)51-21-10-12-23-55(51)59(56)45-17-7-4-8-18-45/h3-38H,1-2H3/i3D,5D,6D,13D,14D,15D,16D,19D,24D,25D,26D,27D,28D,29D,31D,32D,36D. The topological polar surface area (TPSA) is 8.17 Å². The van der Waals surface area contributed by atoms with Gasteiger partial charge < -0.3 is 9.47 Å². The van der Waals surface area contributed by atoms with Crippen molar-refractivity contribution in [1.29, 1.82) is 0 Å². The SMILES string of the molecule is [2H]c1c([2H])c([2H])c(-c2c([2H])c([2H])c(-c3c([2H])c([2H])c(N(c4ccc5c(c4)C(C)(C)c4ccccc4-5)c4c([2H])c([2H])c([2H])c(-c5ccc6c(c5)c5ccccc5n6-c5ccccc5)c4[2H])c([2H])c3[2H])c([2H])c2[2H])c([2H])c1[2H]. The summed E-state index contributed by atoms with van der Waals surface area (Å²) >= 11 is 0. The quantitative estimate of drug-likeness (QED) is 0.157. The third kappa shape index (κ3) is 5.87. The van der Waals surface area contributed by atoms with Crippen molar-refractivity contribution >= 4 is 38.9 Å². The van der Waals surface area contributed by atoms with Gasteiger partial charge in [-0.1, -0.05) is 165 Å². The molecule has 0 radical (unpaired) electrons. The van der Waals surface area contributed by atoms with Crippen LogP contribution in [0.25, 0.3) is 72.0 Å². The lowest BCUT2D eigenvalue weighted by Crippen LogP contribution is -2.16. The number of para-hydroxylation sites is 2. The molecule has 0 aliphatic heterocycles. The zero-order chi connectivity index (χ0) is 54.3. The van der Waals surface area contributed by atoms with Gasteiger partial charge in [0.05, 0.1) is 34.3 Å². The minimum Gasteiger partial charge on any atom is -0.310 e. The van der Waals surface area contributed by atoms with Gasteiger partial charge in [0.1, 0.15) is 0 Å². The highest BCUT2D eigenvalue weighted by Gasteiger charge is 2.35. The molecule has 1 aliphatic rings. The maximum Gasteiger partial charge on any atom is 0.0651 e. The lowest BCUT2D eigenvalue weighted by Gasteiger charge is -2.28. The van der Waals surface area contributed by atoms with E-state index in [-0.39, 0.29) is 16.9 Å². The molecule has 0 amide bonds. The summed E-state index contributed by atoms with van der Waals surface area (Å²) in [6, 6.07) is 23.7. The number of aromatic nitrogens is 1. The van der Waals surface area contributed by atoms with Crippen LogP contribution in [0.2, 0.25) is 0 Å². The largest absolute Gasteiger partial charge is 0.310 e. The van der Waals surface area contributed by atoms with E-state index in [4.69, 9.17) is 12.3 Å². The van der Waals surface area contributed by atoms with Gasteiger partial charge in [0, 0.05) is 38.9 Å². The molecule has 9 aromatic carbocycles. The number of anilines is 3. The molecule has 1 heterocycles. The molecule has 0 atom stereocenters. The molecule has 2 heteroatoms. The molecule has 0 spiro atoms. The highest BCUT2D eigenvalue weighted by molar-refractivity contribution is 6.10. The molecule has 0 N–H and O–H groups in total. The van der Waals surface area contributed by atoms with Crippen molar-refractivity contribution in [3.63, 3.8) is 0 Å². The molecule has 0 fully saturated rings. The highest BCUT2D eigenvalue weighted by Crippen LogP contribution is 2.51. The van der Waals surface area contributed by atoms with Gasteiger partial charge in [-0.3, -0.25) is 0 Å². The molecule has 1 aliphatic carbocycles. The predicted molar refractivity (Wildman–Crippen MR) is 249 cm³/mol. The van der Waals surface area contributed by atoms with Crippen LogP contribution < -0.4 is 4.90 Å². The van der Waals surface area contributed by atoms with Crippen molar-refractivity contribution in [3.8, 4) is 50.2 Å². The Hall–Kier alpha value is -7.42. The maximum atomic E-state index is 10.1. The lowest BCUT2D eigenvalue weighted by atomic mass is 9.82. The van der Waals surface area contributed by atoms with E-state index in [0.717, 1.165) is 49.7 Å². The van der Waals surface area contributed by atoms with Crippen molar-refractivity contribution < 1.29 is 23.3 Å². The first kappa shape index (κ1) is 21.4. The highest BCUT2D eigenvalue weighted by atomic mass is 15.1. The summed E-state index contributed by atoms with van der Waals surface area (Å²) in [5.74, 6) is 0. The van der Waals surface area contributed by atoms with E-state index in [1.807, 2.05) is 111 Å². The number of hydrogen-bond acceptors (Lipinski definition) is 1. The van der Waals surface area contributed by atoms with Gasteiger partial charge in [0.25, 0.3) is 0 Å². The number of rotatable bonds is 7. The second kappa shape index (κ2) is 13.9. The zero-order valence-corrected chi connectivity index (χ0v) is 31.9. The van der Waals surface area contributed by atoms with Crippen molar-refractivity contribution in [2.75, 3.05) is 4.90 Å². The lowest BCUT2D eigenvalue weighted by molar-refractivity contribution is 0.660. The molecule has 10 aromatic rings. The summed E-state index contributed by atoms with van der Waals surface area (Å²) in [6.07, 6.45) is 0. The van der Waals surface area contributed by atoms with E-state index in [1.165, 1.54) is 4.90 Å². The Balaban J connectivity index is 1.17. The zero-order valence-electron chi connectivity index (χ0n) is 48.9. The fourth-order valence-electron chi connectivity index (χ4n) is 8.26. The first-order chi connectivity index (χ1) is 36.1. The molecule has 2 nitrogen and oxygen atoms in total. The molecule has 0 saturated heterocycles. The fraction of sp³-hybridized carbons (Fsp3) is 0.0526. The normalized spacial score (nSPS) is 16.7. The smallest absolute Gasteiger partial charge is 0.0651 e. The Bertz CT molecular complexity index is 4100. The van der Waals surface area contributed by atoms with Crippen LogP contribution in [0, 0.1) is 0 Å². The molecule has 11 rings (SSSR count). The van der Waals surface area contributed by atoms with Gasteiger partial charge in [-0.2, -0.15) is 0 Å². The molecule has 1 aromatic heterocycles. The summed E-state index contributed by atoms with van der Waals surface area (Å²) in [7, 11) is 0. The van der Waals surface area contributed by atoms with Gasteiger partial charge in [0.2, 0.25) is 0 Å². The number of benzene rings is 9. The Morgan fingerprint density at radius 1 is 0.424 bits per heavy atom. The molecule has 0 unspecified atom stereocenters. The second-order valence-corrected chi connectivity index (χ2v) is 14.9. The Morgan fingerprint density at radius 3 is 1.83 bits per heavy atom. The van der Waals surface area contributed by atoms with Crippen LogP contribution >= 0.6 is 0 Å².